The topological polar surface area (TPSA) is 86.8 Å². The summed E-state index contributed by atoms with van der Waals surface area (Å²) in [4.78, 5) is 16.6. The number of hydrogen-bond donors (Lipinski definition) is 1. The summed E-state index contributed by atoms with van der Waals surface area (Å²) in [5.74, 6) is 0.677. The van der Waals surface area contributed by atoms with Crippen LogP contribution in [0.1, 0.15) is 5.56 Å². The van der Waals surface area contributed by atoms with Crippen LogP contribution in [0.5, 0.6) is 11.6 Å². The number of rotatable bonds is 3. The lowest BCUT2D eigenvalue weighted by molar-refractivity contribution is -0.137. The number of benzene rings is 2. The van der Waals surface area contributed by atoms with Crippen molar-refractivity contribution in [1.82, 2.24) is 19.9 Å². The number of nitrogens with zero attached hydrogens (tertiary/aromatic N) is 4. The maximum Gasteiger partial charge on any atom is 0.416 e. The standard InChI is InChI=1S/C19H12F3N5O/c20-19(21,22)12-2-4-13(5-3-12)28-18-16(24-7-8-25-18)11-1-6-15-14(9-11)17(23)27-10-26-15/h1-10H,(H2,23,26,27). The van der Waals surface area contributed by atoms with Crippen molar-refractivity contribution >= 4 is 16.7 Å². The molecular weight excluding hydrogens is 371 g/mol. The molecule has 2 aromatic heterocycles. The molecule has 2 heterocycles. The Labute approximate surface area is 156 Å². The number of nitrogens with two attached hydrogens (primary N) is 1. The van der Waals surface area contributed by atoms with Gasteiger partial charge in [-0.2, -0.15) is 13.2 Å². The lowest BCUT2D eigenvalue weighted by atomic mass is 10.1. The van der Waals surface area contributed by atoms with Crippen molar-refractivity contribution in [2.24, 2.45) is 0 Å². The lowest BCUT2D eigenvalue weighted by Gasteiger charge is -2.11. The van der Waals surface area contributed by atoms with Gasteiger partial charge in [-0.15, -0.1) is 0 Å². The summed E-state index contributed by atoms with van der Waals surface area (Å²) in [6.45, 7) is 0. The number of hydrogen-bond acceptors (Lipinski definition) is 6. The molecule has 140 valence electrons. The normalized spacial score (nSPS) is 11.5. The number of ether oxygens (including phenoxy) is 1. The minimum Gasteiger partial charge on any atom is -0.437 e. The molecule has 0 spiro atoms. The average Bonchev–Trinajstić information content (AvgIpc) is 2.68. The predicted octanol–water partition coefficient (Wildman–Crippen LogP) is 4.48. The first kappa shape index (κ1) is 17.7. The van der Waals surface area contributed by atoms with Gasteiger partial charge >= 0.3 is 6.18 Å². The van der Waals surface area contributed by atoms with Gasteiger partial charge in [0.1, 0.15) is 23.6 Å². The second-order valence-electron chi connectivity index (χ2n) is 5.83. The molecule has 0 atom stereocenters. The van der Waals surface area contributed by atoms with E-state index in [4.69, 9.17) is 10.5 Å². The highest BCUT2D eigenvalue weighted by atomic mass is 19.4. The van der Waals surface area contributed by atoms with Crippen molar-refractivity contribution in [3.8, 4) is 22.9 Å². The van der Waals surface area contributed by atoms with Crippen molar-refractivity contribution in [3.05, 3.63) is 66.7 Å². The summed E-state index contributed by atoms with van der Waals surface area (Å²) >= 11 is 0. The molecule has 0 aliphatic carbocycles. The molecule has 0 bridgehead atoms. The van der Waals surface area contributed by atoms with Gasteiger partial charge in [0, 0.05) is 23.3 Å². The number of alkyl halides is 3. The molecule has 2 N–H and O–H groups in total. The van der Waals surface area contributed by atoms with E-state index < -0.39 is 11.7 Å². The molecule has 0 saturated heterocycles. The molecular formula is C19H12F3N5O. The van der Waals surface area contributed by atoms with Crippen LogP contribution in [0, 0.1) is 0 Å². The van der Waals surface area contributed by atoms with Crippen LogP contribution in [0.3, 0.4) is 0 Å². The van der Waals surface area contributed by atoms with E-state index in [0.717, 1.165) is 12.1 Å². The Hall–Kier alpha value is -3.75. The maximum absolute atomic E-state index is 12.7. The Balaban J connectivity index is 1.71. The molecule has 0 saturated carbocycles. The molecule has 4 rings (SSSR count). The maximum atomic E-state index is 12.7. The van der Waals surface area contributed by atoms with Crippen LogP contribution in [0.25, 0.3) is 22.2 Å². The van der Waals surface area contributed by atoms with E-state index >= 15 is 0 Å². The lowest BCUT2D eigenvalue weighted by Crippen LogP contribution is -2.04. The average molecular weight is 383 g/mol. The largest absolute Gasteiger partial charge is 0.437 e. The van der Waals surface area contributed by atoms with Crippen LogP contribution < -0.4 is 10.5 Å². The molecule has 6 nitrogen and oxygen atoms in total. The fourth-order valence-electron chi connectivity index (χ4n) is 2.65. The Bertz CT molecular complexity index is 1150. The van der Waals surface area contributed by atoms with Gasteiger partial charge in [-0.05, 0) is 36.4 Å². The van der Waals surface area contributed by atoms with Crippen LogP contribution in [0.2, 0.25) is 0 Å². The van der Waals surface area contributed by atoms with E-state index in [2.05, 4.69) is 19.9 Å². The number of fused-ring (bicyclic) bond motifs is 1. The first-order valence-corrected chi connectivity index (χ1v) is 8.08. The minimum absolute atomic E-state index is 0.150. The third-order valence-corrected chi connectivity index (χ3v) is 4.00. The van der Waals surface area contributed by atoms with Crippen LogP contribution in [0.15, 0.2) is 61.2 Å². The highest BCUT2D eigenvalue weighted by Crippen LogP contribution is 2.34. The van der Waals surface area contributed by atoms with Gasteiger partial charge in [0.2, 0.25) is 5.88 Å². The number of nitrogen functional groups attached to an aromatic ring is 1. The summed E-state index contributed by atoms with van der Waals surface area (Å²) in [7, 11) is 0. The van der Waals surface area contributed by atoms with Crippen molar-refractivity contribution in [1.29, 1.82) is 0 Å². The Morgan fingerprint density at radius 3 is 2.36 bits per heavy atom. The molecule has 28 heavy (non-hydrogen) atoms. The second kappa shape index (κ2) is 6.76. The van der Waals surface area contributed by atoms with E-state index in [1.165, 1.54) is 30.9 Å². The third kappa shape index (κ3) is 3.41. The van der Waals surface area contributed by atoms with E-state index in [9.17, 15) is 13.2 Å². The van der Waals surface area contributed by atoms with Gasteiger partial charge in [0.25, 0.3) is 0 Å². The minimum atomic E-state index is -4.41. The van der Waals surface area contributed by atoms with E-state index in [0.29, 0.717) is 28.0 Å². The quantitative estimate of drug-likeness (QED) is 0.561. The van der Waals surface area contributed by atoms with Crippen LogP contribution >= 0.6 is 0 Å². The second-order valence-corrected chi connectivity index (χ2v) is 5.83. The molecule has 0 fully saturated rings. The molecule has 0 aliphatic rings. The summed E-state index contributed by atoms with van der Waals surface area (Å²) in [5, 5.41) is 0.645. The first-order chi connectivity index (χ1) is 13.4. The zero-order chi connectivity index (χ0) is 19.7. The SMILES string of the molecule is Nc1ncnc2ccc(-c3nccnc3Oc3ccc(C(F)(F)F)cc3)cc12. The molecule has 4 aromatic rings. The molecule has 0 amide bonds. The third-order valence-electron chi connectivity index (χ3n) is 4.00. The van der Waals surface area contributed by atoms with Gasteiger partial charge in [-0.25, -0.2) is 19.9 Å². The fraction of sp³-hybridized carbons (Fsp3) is 0.0526. The fourth-order valence-corrected chi connectivity index (χ4v) is 2.65. The van der Waals surface area contributed by atoms with Gasteiger partial charge in [0.05, 0.1) is 11.1 Å². The van der Waals surface area contributed by atoms with Crippen molar-refractivity contribution in [2.75, 3.05) is 5.73 Å². The predicted molar refractivity (Wildman–Crippen MR) is 96.5 cm³/mol. The highest BCUT2D eigenvalue weighted by molar-refractivity contribution is 5.91. The number of anilines is 1. The van der Waals surface area contributed by atoms with Crippen molar-refractivity contribution in [3.63, 3.8) is 0 Å². The summed E-state index contributed by atoms with van der Waals surface area (Å²) < 4.78 is 43.8. The molecule has 2 aromatic carbocycles. The van der Waals surface area contributed by atoms with E-state index in [1.54, 1.807) is 18.2 Å². The summed E-state index contributed by atoms with van der Waals surface area (Å²) in [5.41, 5.74) is 6.88. The van der Waals surface area contributed by atoms with E-state index in [1.807, 2.05) is 0 Å². The monoisotopic (exact) mass is 383 g/mol. The number of halogens is 3. The van der Waals surface area contributed by atoms with E-state index in [-0.39, 0.29) is 11.6 Å². The molecule has 0 unspecified atom stereocenters. The van der Waals surface area contributed by atoms with Crippen molar-refractivity contribution in [2.45, 2.75) is 6.18 Å². The van der Waals surface area contributed by atoms with Gasteiger partial charge in [0.15, 0.2) is 0 Å². The zero-order valence-electron chi connectivity index (χ0n) is 14.2. The highest BCUT2D eigenvalue weighted by Gasteiger charge is 2.30. The van der Waals surface area contributed by atoms with Crippen LogP contribution in [0.4, 0.5) is 19.0 Å². The molecule has 9 heteroatoms. The summed E-state index contributed by atoms with van der Waals surface area (Å²) in [6, 6.07) is 9.64. The Morgan fingerprint density at radius 2 is 1.61 bits per heavy atom. The first-order valence-electron chi connectivity index (χ1n) is 8.08. The Morgan fingerprint density at radius 1 is 0.857 bits per heavy atom. The molecule has 0 radical (unpaired) electrons. The molecule has 0 aliphatic heterocycles. The smallest absolute Gasteiger partial charge is 0.416 e. The summed E-state index contributed by atoms with van der Waals surface area (Å²) in [6.07, 6.45) is -0.117. The van der Waals surface area contributed by atoms with Gasteiger partial charge in [-0.1, -0.05) is 6.07 Å². The van der Waals surface area contributed by atoms with Gasteiger partial charge in [-0.3, -0.25) is 0 Å². The van der Waals surface area contributed by atoms with Crippen LogP contribution in [-0.2, 0) is 6.18 Å². The van der Waals surface area contributed by atoms with Crippen molar-refractivity contribution < 1.29 is 17.9 Å². The number of aromatic nitrogens is 4. The Kier molecular flexibility index (Phi) is 4.26. The van der Waals surface area contributed by atoms with Gasteiger partial charge < -0.3 is 10.5 Å². The van der Waals surface area contributed by atoms with Crippen LogP contribution in [-0.4, -0.2) is 19.9 Å². The zero-order valence-corrected chi connectivity index (χ0v) is 14.2.